The minimum Gasteiger partial charge on any atom is -0.302 e. The molecule has 0 radical (unpaired) electrons. The molecule has 104 valence electrons. The highest BCUT2D eigenvalue weighted by Crippen LogP contribution is 2.27. The maximum absolute atomic E-state index is 2.78. The van der Waals surface area contributed by atoms with Crippen molar-refractivity contribution in [1.29, 1.82) is 0 Å². The lowest BCUT2D eigenvalue weighted by atomic mass is 9.87. The molecule has 3 fully saturated rings. The lowest BCUT2D eigenvalue weighted by Gasteiger charge is -2.28. The average Bonchev–Trinajstić information content (AvgIpc) is 2.76. The molecule has 18 heavy (non-hydrogen) atoms. The van der Waals surface area contributed by atoms with E-state index < -0.39 is 0 Å². The van der Waals surface area contributed by atoms with Crippen LogP contribution < -0.4 is 0 Å². The van der Waals surface area contributed by atoms with Gasteiger partial charge >= 0.3 is 0 Å². The largest absolute Gasteiger partial charge is 0.302 e. The highest BCUT2D eigenvalue weighted by molar-refractivity contribution is 4.85. The first-order valence-electron chi connectivity index (χ1n) is 8.38. The molecule has 1 unspecified atom stereocenters. The van der Waals surface area contributed by atoms with Gasteiger partial charge in [-0.2, -0.15) is 0 Å². The summed E-state index contributed by atoms with van der Waals surface area (Å²) in [4.78, 5) is 5.53. The minimum atomic E-state index is 0.902. The Morgan fingerprint density at radius 2 is 1.61 bits per heavy atom. The van der Waals surface area contributed by atoms with Crippen LogP contribution in [-0.2, 0) is 0 Å². The first kappa shape index (κ1) is 12.9. The van der Waals surface area contributed by atoms with E-state index >= 15 is 0 Å². The Hall–Kier alpha value is -0.0800. The van der Waals surface area contributed by atoms with Crippen molar-refractivity contribution in [2.75, 3.05) is 32.7 Å². The van der Waals surface area contributed by atoms with Crippen LogP contribution in [0.3, 0.4) is 0 Å². The fourth-order valence-corrected chi connectivity index (χ4v) is 4.33. The molecular weight excluding hydrogens is 220 g/mol. The Kier molecular flexibility index (Phi) is 4.58. The van der Waals surface area contributed by atoms with Crippen LogP contribution in [0.4, 0.5) is 0 Å². The van der Waals surface area contributed by atoms with Crippen molar-refractivity contribution in [3.8, 4) is 0 Å². The number of rotatable bonds is 3. The molecule has 3 rings (SSSR count). The van der Waals surface area contributed by atoms with Crippen LogP contribution in [-0.4, -0.2) is 48.6 Å². The van der Waals surface area contributed by atoms with Crippen molar-refractivity contribution < 1.29 is 0 Å². The average molecular weight is 250 g/mol. The summed E-state index contributed by atoms with van der Waals surface area (Å²) >= 11 is 0. The zero-order valence-electron chi connectivity index (χ0n) is 11.9. The molecule has 2 saturated heterocycles. The van der Waals surface area contributed by atoms with E-state index in [0.717, 1.165) is 12.0 Å². The van der Waals surface area contributed by atoms with Gasteiger partial charge in [0.1, 0.15) is 0 Å². The van der Waals surface area contributed by atoms with Crippen LogP contribution in [0.5, 0.6) is 0 Å². The van der Waals surface area contributed by atoms with Crippen molar-refractivity contribution in [1.82, 2.24) is 9.80 Å². The standard InChI is InChI=1S/C16H30N2/c1-2-6-15(7-3-1)9-13-17-10-5-12-18-11-4-8-16(18)14-17/h15-16H,1-14H2. The number of hydrogen-bond acceptors (Lipinski definition) is 2. The predicted octanol–water partition coefficient (Wildman–Crippen LogP) is 3.13. The van der Waals surface area contributed by atoms with Gasteiger partial charge in [0, 0.05) is 12.6 Å². The highest BCUT2D eigenvalue weighted by Gasteiger charge is 2.28. The summed E-state index contributed by atoms with van der Waals surface area (Å²) in [5.74, 6) is 1.06. The number of nitrogens with zero attached hydrogens (tertiary/aromatic N) is 2. The smallest absolute Gasteiger partial charge is 0.0223 e. The Balaban J connectivity index is 1.43. The van der Waals surface area contributed by atoms with Crippen molar-refractivity contribution in [2.45, 2.75) is 63.8 Å². The maximum atomic E-state index is 2.78. The van der Waals surface area contributed by atoms with Crippen LogP contribution in [0.1, 0.15) is 57.8 Å². The SMILES string of the molecule is C1CCC(CCN2CCCN3CCCC3C2)CC1. The van der Waals surface area contributed by atoms with E-state index in [2.05, 4.69) is 9.80 Å². The number of fused-ring (bicyclic) bond motifs is 1. The fourth-order valence-electron chi connectivity index (χ4n) is 4.33. The fraction of sp³-hybridized carbons (Fsp3) is 1.00. The molecule has 0 bridgehead atoms. The molecule has 1 atom stereocenters. The van der Waals surface area contributed by atoms with Crippen LogP contribution in [0.2, 0.25) is 0 Å². The third-order valence-corrected chi connectivity index (χ3v) is 5.47. The topological polar surface area (TPSA) is 6.48 Å². The van der Waals surface area contributed by atoms with Gasteiger partial charge in [-0.3, -0.25) is 4.90 Å². The molecule has 2 nitrogen and oxygen atoms in total. The summed E-state index contributed by atoms with van der Waals surface area (Å²) in [6.45, 7) is 6.85. The Morgan fingerprint density at radius 1 is 0.778 bits per heavy atom. The van der Waals surface area contributed by atoms with Crippen molar-refractivity contribution in [3.05, 3.63) is 0 Å². The molecule has 0 amide bonds. The van der Waals surface area contributed by atoms with Crippen LogP contribution in [0, 0.1) is 5.92 Å². The summed E-state index contributed by atoms with van der Waals surface area (Å²) in [7, 11) is 0. The minimum absolute atomic E-state index is 0.902. The van der Waals surface area contributed by atoms with Crippen LogP contribution >= 0.6 is 0 Å². The van der Waals surface area contributed by atoms with E-state index in [1.165, 1.54) is 90.5 Å². The third-order valence-electron chi connectivity index (χ3n) is 5.47. The first-order chi connectivity index (χ1) is 8.92. The van der Waals surface area contributed by atoms with Gasteiger partial charge in [0.15, 0.2) is 0 Å². The second kappa shape index (κ2) is 6.38. The molecule has 0 spiro atoms. The van der Waals surface area contributed by atoms with E-state index in [1.54, 1.807) is 0 Å². The summed E-state index contributed by atoms with van der Waals surface area (Å²) in [6, 6.07) is 0.902. The van der Waals surface area contributed by atoms with Gasteiger partial charge in [0.05, 0.1) is 0 Å². The lowest BCUT2D eigenvalue weighted by molar-refractivity contribution is 0.202. The molecule has 2 heterocycles. The first-order valence-corrected chi connectivity index (χ1v) is 8.38. The van der Waals surface area contributed by atoms with Crippen molar-refractivity contribution in [2.24, 2.45) is 5.92 Å². The monoisotopic (exact) mass is 250 g/mol. The second-order valence-electron chi connectivity index (χ2n) is 6.78. The molecule has 2 heteroatoms. The lowest BCUT2D eigenvalue weighted by Crippen LogP contribution is -2.37. The third kappa shape index (κ3) is 3.27. The summed E-state index contributed by atoms with van der Waals surface area (Å²) < 4.78 is 0. The second-order valence-corrected chi connectivity index (χ2v) is 6.78. The van der Waals surface area contributed by atoms with Gasteiger partial charge in [0.2, 0.25) is 0 Å². The van der Waals surface area contributed by atoms with Gasteiger partial charge in [-0.15, -0.1) is 0 Å². The molecule has 0 aromatic heterocycles. The van der Waals surface area contributed by atoms with E-state index in [0.29, 0.717) is 0 Å². The van der Waals surface area contributed by atoms with Gasteiger partial charge < -0.3 is 4.90 Å². The Labute approximate surface area is 113 Å². The van der Waals surface area contributed by atoms with E-state index in [4.69, 9.17) is 0 Å². The normalized spacial score (nSPS) is 32.3. The van der Waals surface area contributed by atoms with Crippen molar-refractivity contribution in [3.63, 3.8) is 0 Å². The number of hydrogen-bond donors (Lipinski definition) is 0. The molecule has 1 saturated carbocycles. The molecule has 2 aliphatic heterocycles. The molecule has 1 aliphatic carbocycles. The molecule has 0 aromatic rings. The van der Waals surface area contributed by atoms with E-state index in [-0.39, 0.29) is 0 Å². The quantitative estimate of drug-likeness (QED) is 0.759. The molecule has 0 aromatic carbocycles. The van der Waals surface area contributed by atoms with Crippen molar-refractivity contribution >= 4 is 0 Å². The van der Waals surface area contributed by atoms with Crippen LogP contribution in [0.15, 0.2) is 0 Å². The molecular formula is C16H30N2. The summed E-state index contributed by atoms with van der Waals surface area (Å²) in [5, 5.41) is 0. The Bertz CT molecular complexity index is 247. The van der Waals surface area contributed by atoms with Gasteiger partial charge in [-0.1, -0.05) is 32.1 Å². The molecule has 0 N–H and O–H groups in total. The zero-order chi connectivity index (χ0) is 12.2. The van der Waals surface area contributed by atoms with E-state index in [9.17, 15) is 0 Å². The summed E-state index contributed by atoms with van der Waals surface area (Å²) in [6.07, 6.45) is 13.3. The maximum Gasteiger partial charge on any atom is 0.0223 e. The van der Waals surface area contributed by atoms with E-state index in [1.807, 2.05) is 0 Å². The van der Waals surface area contributed by atoms with Gasteiger partial charge in [0.25, 0.3) is 0 Å². The Morgan fingerprint density at radius 3 is 2.50 bits per heavy atom. The zero-order valence-corrected chi connectivity index (χ0v) is 11.9. The van der Waals surface area contributed by atoms with Gasteiger partial charge in [-0.25, -0.2) is 0 Å². The molecule has 3 aliphatic rings. The van der Waals surface area contributed by atoms with Gasteiger partial charge in [-0.05, 0) is 57.8 Å². The van der Waals surface area contributed by atoms with Crippen LogP contribution in [0.25, 0.3) is 0 Å². The predicted molar refractivity (Wildman–Crippen MR) is 76.8 cm³/mol. The highest BCUT2D eigenvalue weighted by atomic mass is 15.3. The summed E-state index contributed by atoms with van der Waals surface area (Å²) in [5.41, 5.74) is 0.